The minimum atomic E-state index is -1.68. The molecule has 1 fully saturated rings. The molecular formula is C11H13BClFO3. The second kappa shape index (κ2) is 5.25. The fourth-order valence-electron chi connectivity index (χ4n) is 2.00. The van der Waals surface area contributed by atoms with Crippen molar-refractivity contribution < 1.29 is 19.2 Å². The summed E-state index contributed by atoms with van der Waals surface area (Å²) in [5.74, 6) is -0.657. The Balaban J connectivity index is 2.24. The predicted molar refractivity (Wildman–Crippen MR) is 64.1 cm³/mol. The van der Waals surface area contributed by atoms with Gasteiger partial charge in [0.25, 0.3) is 0 Å². The minimum absolute atomic E-state index is 0.00694. The van der Waals surface area contributed by atoms with Crippen LogP contribution in [0.3, 0.4) is 0 Å². The van der Waals surface area contributed by atoms with Crippen LogP contribution in [0, 0.1) is 5.82 Å². The molecule has 0 spiro atoms. The van der Waals surface area contributed by atoms with Crippen molar-refractivity contribution in [3.8, 4) is 5.75 Å². The highest BCUT2D eigenvalue weighted by molar-refractivity contribution is 6.59. The third kappa shape index (κ3) is 2.91. The maximum Gasteiger partial charge on any atom is 0.488 e. The van der Waals surface area contributed by atoms with E-state index in [0.29, 0.717) is 0 Å². The van der Waals surface area contributed by atoms with E-state index in [1.165, 1.54) is 12.1 Å². The van der Waals surface area contributed by atoms with Crippen LogP contribution >= 0.6 is 11.6 Å². The predicted octanol–water partition coefficient (Wildman–Crippen LogP) is 1.48. The van der Waals surface area contributed by atoms with E-state index in [-0.39, 0.29) is 22.3 Å². The summed E-state index contributed by atoms with van der Waals surface area (Å²) in [6.07, 6.45) is 3.92. The summed E-state index contributed by atoms with van der Waals surface area (Å²) in [6, 6.07) is 2.47. The van der Waals surface area contributed by atoms with E-state index in [9.17, 15) is 4.39 Å². The molecule has 6 heteroatoms. The molecule has 0 heterocycles. The second-order valence-corrected chi connectivity index (χ2v) is 4.62. The zero-order valence-electron chi connectivity index (χ0n) is 9.20. The van der Waals surface area contributed by atoms with Crippen molar-refractivity contribution in [2.24, 2.45) is 0 Å². The number of hydrogen-bond acceptors (Lipinski definition) is 3. The van der Waals surface area contributed by atoms with Gasteiger partial charge in [-0.1, -0.05) is 11.6 Å². The summed E-state index contributed by atoms with van der Waals surface area (Å²) in [5.41, 5.74) is 0.129. The quantitative estimate of drug-likeness (QED) is 0.808. The first-order chi connectivity index (χ1) is 8.08. The van der Waals surface area contributed by atoms with Gasteiger partial charge in [0.2, 0.25) is 0 Å². The molecule has 0 aromatic heterocycles. The van der Waals surface area contributed by atoms with Gasteiger partial charge in [-0.15, -0.1) is 0 Å². The highest BCUT2D eigenvalue weighted by Gasteiger charge is 2.22. The summed E-state index contributed by atoms with van der Waals surface area (Å²) in [5, 5.41) is 17.9. The van der Waals surface area contributed by atoms with Crippen LogP contribution in [0.25, 0.3) is 0 Å². The Morgan fingerprint density at radius 1 is 1.29 bits per heavy atom. The molecule has 3 nitrogen and oxygen atoms in total. The molecule has 0 atom stereocenters. The molecule has 92 valence electrons. The zero-order chi connectivity index (χ0) is 12.4. The molecule has 0 saturated heterocycles. The van der Waals surface area contributed by atoms with Gasteiger partial charge in [0.15, 0.2) is 11.6 Å². The Hall–Kier alpha value is -0.775. The van der Waals surface area contributed by atoms with Crippen molar-refractivity contribution in [3.05, 3.63) is 23.0 Å². The monoisotopic (exact) mass is 258 g/mol. The van der Waals surface area contributed by atoms with E-state index in [1.807, 2.05) is 0 Å². The highest BCUT2D eigenvalue weighted by atomic mass is 35.5. The molecule has 0 unspecified atom stereocenters. The summed E-state index contributed by atoms with van der Waals surface area (Å²) in [7, 11) is -1.68. The average molecular weight is 258 g/mol. The third-order valence-corrected chi connectivity index (χ3v) is 3.19. The maximum absolute atomic E-state index is 13.7. The van der Waals surface area contributed by atoms with Crippen LogP contribution < -0.4 is 10.2 Å². The van der Waals surface area contributed by atoms with Crippen LogP contribution in [0.15, 0.2) is 12.1 Å². The second-order valence-electron chi connectivity index (χ2n) is 4.21. The first-order valence-electron chi connectivity index (χ1n) is 5.59. The SMILES string of the molecule is OB(O)c1cc(Cl)c(F)c(OC2CCCC2)c1. The van der Waals surface area contributed by atoms with Crippen LogP contribution in [0.5, 0.6) is 5.75 Å². The van der Waals surface area contributed by atoms with Gasteiger partial charge in [0, 0.05) is 0 Å². The number of ether oxygens (including phenoxy) is 1. The Labute approximate surface area is 104 Å². The first-order valence-corrected chi connectivity index (χ1v) is 5.97. The lowest BCUT2D eigenvalue weighted by atomic mass is 9.80. The Kier molecular flexibility index (Phi) is 3.91. The third-order valence-electron chi connectivity index (χ3n) is 2.91. The Morgan fingerprint density at radius 2 is 1.94 bits per heavy atom. The number of halogens is 2. The summed E-state index contributed by atoms with van der Waals surface area (Å²) in [6.45, 7) is 0. The van der Waals surface area contributed by atoms with Crippen LogP contribution in [0.4, 0.5) is 4.39 Å². The van der Waals surface area contributed by atoms with Gasteiger partial charge in [-0.25, -0.2) is 4.39 Å². The van der Waals surface area contributed by atoms with E-state index in [2.05, 4.69) is 0 Å². The fourth-order valence-corrected chi connectivity index (χ4v) is 2.22. The molecule has 0 radical (unpaired) electrons. The molecule has 1 aromatic carbocycles. The first kappa shape index (κ1) is 12.7. The molecule has 1 aliphatic carbocycles. The van der Waals surface area contributed by atoms with Gasteiger partial charge in [-0.05, 0) is 43.3 Å². The van der Waals surface area contributed by atoms with E-state index in [4.69, 9.17) is 26.4 Å². The highest BCUT2D eigenvalue weighted by Crippen LogP contribution is 2.28. The molecule has 1 aliphatic rings. The lowest BCUT2D eigenvalue weighted by Crippen LogP contribution is -2.30. The molecule has 0 aliphatic heterocycles. The molecule has 0 amide bonds. The largest absolute Gasteiger partial charge is 0.488 e. The van der Waals surface area contributed by atoms with Crippen molar-refractivity contribution in [2.45, 2.75) is 31.8 Å². The molecule has 2 rings (SSSR count). The minimum Gasteiger partial charge on any atom is -0.487 e. The van der Waals surface area contributed by atoms with Gasteiger partial charge in [-0.2, -0.15) is 0 Å². The standard InChI is InChI=1S/C11H13BClFO3/c13-9-5-7(12(15)16)6-10(11(9)14)17-8-3-1-2-4-8/h5-6,8,15-16H,1-4H2. The lowest BCUT2D eigenvalue weighted by molar-refractivity contribution is 0.201. The van der Waals surface area contributed by atoms with Crippen LogP contribution in [-0.4, -0.2) is 23.3 Å². The van der Waals surface area contributed by atoms with Gasteiger partial charge < -0.3 is 14.8 Å². The van der Waals surface area contributed by atoms with Crippen molar-refractivity contribution in [2.75, 3.05) is 0 Å². The number of rotatable bonds is 3. The van der Waals surface area contributed by atoms with E-state index >= 15 is 0 Å². The zero-order valence-corrected chi connectivity index (χ0v) is 9.95. The molecule has 1 aromatic rings. The molecule has 1 saturated carbocycles. The Bertz CT molecular complexity index is 408. The smallest absolute Gasteiger partial charge is 0.487 e. The van der Waals surface area contributed by atoms with Gasteiger partial charge >= 0.3 is 7.12 Å². The van der Waals surface area contributed by atoms with E-state index < -0.39 is 12.9 Å². The van der Waals surface area contributed by atoms with Crippen LogP contribution in [0.2, 0.25) is 5.02 Å². The Morgan fingerprint density at radius 3 is 2.53 bits per heavy atom. The number of hydrogen-bond donors (Lipinski definition) is 2. The maximum atomic E-state index is 13.7. The van der Waals surface area contributed by atoms with Gasteiger partial charge in [-0.3, -0.25) is 0 Å². The molecule has 17 heavy (non-hydrogen) atoms. The number of benzene rings is 1. The summed E-state index contributed by atoms with van der Waals surface area (Å²) in [4.78, 5) is 0. The summed E-state index contributed by atoms with van der Waals surface area (Å²) >= 11 is 5.67. The normalized spacial score (nSPS) is 16.2. The van der Waals surface area contributed by atoms with Crippen molar-refractivity contribution in [3.63, 3.8) is 0 Å². The molecular weight excluding hydrogens is 245 g/mol. The summed E-state index contributed by atoms with van der Waals surface area (Å²) < 4.78 is 19.2. The molecule has 0 bridgehead atoms. The van der Waals surface area contributed by atoms with Gasteiger partial charge in [0.05, 0.1) is 11.1 Å². The van der Waals surface area contributed by atoms with Crippen molar-refractivity contribution >= 4 is 24.2 Å². The van der Waals surface area contributed by atoms with Crippen LogP contribution in [-0.2, 0) is 0 Å². The van der Waals surface area contributed by atoms with E-state index in [0.717, 1.165) is 25.7 Å². The van der Waals surface area contributed by atoms with Crippen molar-refractivity contribution in [1.82, 2.24) is 0 Å². The fraction of sp³-hybridized carbons (Fsp3) is 0.455. The van der Waals surface area contributed by atoms with Crippen molar-refractivity contribution in [1.29, 1.82) is 0 Å². The van der Waals surface area contributed by atoms with Gasteiger partial charge in [0.1, 0.15) is 0 Å². The average Bonchev–Trinajstić information content (AvgIpc) is 2.77. The van der Waals surface area contributed by atoms with E-state index in [1.54, 1.807) is 0 Å². The lowest BCUT2D eigenvalue weighted by Gasteiger charge is -2.15. The molecule has 2 N–H and O–H groups in total. The van der Waals surface area contributed by atoms with Crippen LogP contribution in [0.1, 0.15) is 25.7 Å². The topological polar surface area (TPSA) is 49.7 Å².